The second-order valence-electron chi connectivity index (χ2n) is 4.46. The van der Waals surface area contributed by atoms with Gasteiger partial charge in [0.1, 0.15) is 4.21 Å². The molecule has 19 heavy (non-hydrogen) atoms. The second kappa shape index (κ2) is 4.86. The first-order valence-electron chi connectivity index (χ1n) is 5.72. The largest absolute Gasteiger partial charge is 0.398 e. The SMILES string of the molecule is Cc1ccc(N(C)S(=O)(=O)c2cc(N)cs2)c(C)c1. The zero-order chi connectivity index (χ0) is 14.2. The van der Waals surface area contributed by atoms with Crippen molar-refractivity contribution in [3.05, 3.63) is 40.8 Å². The number of nitrogens with zero attached hydrogens (tertiary/aromatic N) is 1. The van der Waals surface area contributed by atoms with Crippen LogP contribution in [0.4, 0.5) is 11.4 Å². The first-order chi connectivity index (χ1) is 8.82. The van der Waals surface area contributed by atoms with E-state index in [-0.39, 0.29) is 4.21 Å². The monoisotopic (exact) mass is 296 g/mol. The average Bonchev–Trinajstić information content (AvgIpc) is 2.76. The molecule has 0 amide bonds. The minimum atomic E-state index is -3.53. The van der Waals surface area contributed by atoms with Crippen molar-refractivity contribution < 1.29 is 8.42 Å². The Kier molecular flexibility index (Phi) is 3.56. The number of hydrogen-bond donors (Lipinski definition) is 1. The van der Waals surface area contributed by atoms with Gasteiger partial charge in [-0.15, -0.1) is 11.3 Å². The van der Waals surface area contributed by atoms with Crippen molar-refractivity contribution in [3.8, 4) is 0 Å². The summed E-state index contributed by atoms with van der Waals surface area (Å²) in [7, 11) is -1.98. The van der Waals surface area contributed by atoms with Gasteiger partial charge in [-0.25, -0.2) is 8.42 Å². The maximum absolute atomic E-state index is 12.5. The standard InChI is InChI=1S/C13H16N2O2S2/c1-9-4-5-12(10(2)6-9)15(3)19(16,17)13-7-11(14)8-18-13/h4-8H,14H2,1-3H3. The molecule has 1 aromatic heterocycles. The predicted molar refractivity (Wildman–Crippen MR) is 80.2 cm³/mol. The molecule has 0 atom stereocenters. The lowest BCUT2D eigenvalue weighted by Crippen LogP contribution is -2.26. The van der Waals surface area contributed by atoms with E-state index in [0.717, 1.165) is 22.5 Å². The first-order valence-corrected chi connectivity index (χ1v) is 8.04. The molecule has 2 N–H and O–H groups in total. The van der Waals surface area contributed by atoms with E-state index in [1.54, 1.807) is 12.4 Å². The van der Waals surface area contributed by atoms with Gasteiger partial charge in [-0.3, -0.25) is 4.31 Å². The van der Waals surface area contributed by atoms with E-state index in [4.69, 9.17) is 5.73 Å². The van der Waals surface area contributed by atoms with Gasteiger partial charge in [0.25, 0.3) is 10.0 Å². The van der Waals surface area contributed by atoms with Crippen LogP contribution in [0.3, 0.4) is 0 Å². The predicted octanol–water partition coefficient (Wildman–Crippen LogP) is 2.77. The Bertz CT molecular complexity index is 705. The highest BCUT2D eigenvalue weighted by Gasteiger charge is 2.24. The van der Waals surface area contributed by atoms with Gasteiger partial charge in [-0.1, -0.05) is 17.7 Å². The Labute approximate surface area is 117 Å². The number of sulfonamides is 1. The molecule has 1 heterocycles. The molecule has 0 aliphatic carbocycles. The van der Waals surface area contributed by atoms with Crippen LogP contribution in [0.25, 0.3) is 0 Å². The van der Waals surface area contributed by atoms with E-state index in [1.165, 1.54) is 10.4 Å². The van der Waals surface area contributed by atoms with Gasteiger partial charge in [0.2, 0.25) is 0 Å². The van der Waals surface area contributed by atoms with Crippen LogP contribution in [0.2, 0.25) is 0 Å². The van der Waals surface area contributed by atoms with E-state index in [2.05, 4.69) is 0 Å². The van der Waals surface area contributed by atoms with Crippen LogP contribution < -0.4 is 10.0 Å². The van der Waals surface area contributed by atoms with Crippen molar-refractivity contribution in [1.29, 1.82) is 0 Å². The van der Waals surface area contributed by atoms with Crippen molar-refractivity contribution in [2.75, 3.05) is 17.1 Å². The van der Waals surface area contributed by atoms with Crippen LogP contribution in [0, 0.1) is 13.8 Å². The zero-order valence-corrected chi connectivity index (χ0v) is 12.7. The lowest BCUT2D eigenvalue weighted by molar-refractivity contribution is 0.596. The van der Waals surface area contributed by atoms with Gasteiger partial charge in [0.15, 0.2) is 0 Å². The summed E-state index contributed by atoms with van der Waals surface area (Å²) in [4.78, 5) is 0. The highest BCUT2D eigenvalue weighted by molar-refractivity contribution is 7.94. The lowest BCUT2D eigenvalue weighted by Gasteiger charge is -2.20. The second-order valence-corrected chi connectivity index (χ2v) is 7.57. The third kappa shape index (κ3) is 2.59. The minimum Gasteiger partial charge on any atom is -0.398 e. The fourth-order valence-corrected chi connectivity index (χ4v) is 4.40. The van der Waals surface area contributed by atoms with Crippen molar-refractivity contribution >= 4 is 32.7 Å². The van der Waals surface area contributed by atoms with Crippen molar-refractivity contribution in [1.82, 2.24) is 0 Å². The fraction of sp³-hybridized carbons (Fsp3) is 0.231. The van der Waals surface area contributed by atoms with Crippen LogP contribution in [0.15, 0.2) is 33.9 Å². The van der Waals surface area contributed by atoms with Gasteiger partial charge in [0, 0.05) is 18.1 Å². The third-order valence-electron chi connectivity index (χ3n) is 2.90. The van der Waals surface area contributed by atoms with E-state index in [0.29, 0.717) is 11.4 Å². The Balaban J connectivity index is 2.46. The van der Waals surface area contributed by atoms with E-state index in [9.17, 15) is 8.42 Å². The molecule has 0 saturated heterocycles. The molecule has 0 bridgehead atoms. The number of hydrogen-bond acceptors (Lipinski definition) is 4. The summed E-state index contributed by atoms with van der Waals surface area (Å²) >= 11 is 1.13. The molecule has 0 aliphatic heterocycles. The van der Waals surface area contributed by atoms with Crippen LogP contribution in [-0.2, 0) is 10.0 Å². The lowest BCUT2D eigenvalue weighted by atomic mass is 10.1. The topological polar surface area (TPSA) is 63.4 Å². The third-order valence-corrected chi connectivity index (χ3v) is 6.11. The maximum Gasteiger partial charge on any atom is 0.273 e. The molecule has 0 fully saturated rings. The number of thiophene rings is 1. The number of benzene rings is 1. The molecular formula is C13H16N2O2S2. The molecule has 0 unspecified atom stereocenters. The molecule has 0 spiro atoms. The van der Waals surface area contributed by atoms with Gasteiger partial charge >= 0.3 is 0 Å². The summed E-state index contributed by atoms with van der Waals surface area (Å²) in [5.41, 5.74) is 8.77. The van der Waals surface area contributed by atoms with Crippen molar-refractivity contribution in [2.45, 2.75) is 18.1 Å². The highest BCUT2D eigenvalue weighted by Crippen LogP contribution is 2.29. The Morgan fingerprint density at radius 1 is 1.21 bits per heavy atom. The number of nitrogens with two attached hydrogens (primary N) is 1. The summed E-state index contributed by atoms with van der Waals surface area (Å²) in [5, 5.41) is 1.63. The molecule has 0 saturated carbocycles. The number of anilines is 2. The Morgan fingerprint density at radius 3 is 2.42 bits per heavy atom. The summed E-state index contributed by atoms with van der Waals surface area (Å²) in [6.07, 6.45) is 0. The molecule has 0 radical (unpaired) electrons. The van der Waals surface area contributed by atoms with Gasteiger partial charge in [-0.2, -0.15) is 0 Å². The summed E-state index contributed by atoms with van der Waals surface area (Å²) in [5.74, 6) is 0. The van der Waals surface area contributed by atoms with E-state index in [1.807, 2.05) is 32.0 Å². The molecule has 1 aromatic carbocycles. The Hall–Kier alpha value is -1.53. The summed E-state index contributed by atoms with van der Waals surface area (Å²) < 4.78 is 26.5. The Morgan fingerprint density at radius 2 is 1.89 bits per heavy atom. The number of nitrogen functional groups attached to an aromatic ring is 1. The number of aryl methyl sites for hydroxylation is 2. The van der Waals surface area contributed by atoms with E-state index >= 15 is 0 Å². The van der Waals surface area contributed by atoms with Gasteiger partial charge < -0.3 is 5.73 Å². The van der Waals surface area contributed by atoms with Gasteiger partial charge in [-0.05, 0) is 31.5 Å². The van der Waals surface area contributed by atoms with E-state index < -0.39 is 10.0 Å². The molecule has 4 nitrogen and oxygen atoms in total. The average molecular weight is 296 g/mol. The normalized spacial score (nSPS) is 11.5. The van der Waals surface area contributed by atoms with Crippen LogP contribution in [0.1, 0.15) is 11.1 Å². The number of rotatable bonds is 3. The van der Waals surface area contributed by atoms with Crippen molar-refractivity contribution in [2.24, 2.45) is 0 Å². The summed E-state index contributed by atoms with van der Waals surface area (Å²) in [6.45, 7) is 3.88. The maximum atomic E-state index is 12.5. The minimum absolute atomic E-state index is 0.257. The molecule has 0 aliphatic rings. The molecular weight excluding hydrogens is 280 g/mol. The first kappa shape index (κ1) is 13.9. The van der Waals surface area contributed by atoms with Crippen LogP contribution >= 0.6 is 11.3 Å². The zero-order valence-electron chi connectivity index (χ0n) is 11.0. The van der Waals surface area contributed by atoms with Crippen LogP contribution in [-0.4, -0.2) is 15.5 Å². The fourth-order valence-electron chi connectivity index (χ4n) is 1.89. The quantitative estimate of drug-likeness (QED) is 0.947. The van der Waals surface area contributed by atoms with Crippen molar-refractivity contribution in [3.63, 3.8) is 0 Å². The van der Waals surface area contributed by atoms with Crippen LogP contribution in [0.5, 0.6) is 0 Å². The van der Waals surface area contributed by atoms with Gasteiger partial charge in [0.05, 0.1) is 5.69 Å². The summed E-state index contributed by atoms with van der Waals surface area (Å²) in [6, 6.07) is 7.17. The smallest absolute Gasteiger partial charge is 0.273 e. The highest BCUT2D eigenvalue weighted by atomic mass is 32.2. The molecule has 6 heteroatoms. The molecule has 2 aromatic rings. The molecule has 2 rings (SSSR count). The molecule has 102 valence electrons.